The van der Waals surface area contributed by atoms with Crippen LogP contribution in [0.1, 0.15) is 54.4 Å². The van der Waals surface area contributed by atoms with Crippen LogP contribution in [0.2, 0.25) is 5.82 Å². The topological polar surface area (TPSA) is 44.8 Å². The molecule has 1 heterocycles. The molecule has 0 aromatic rings. The number of carbonyl (C=O) groups is 1. The van der Waals surface area contributed by atoms with E-state index >= 15 is 0 Å². The van der Waals surface area contributed by atoms with Gasteiger partial charge >= 0.3 is 13.1 Å². The zero-order chi connectivity index (χ0) is 15.4. The fourth-order valence-corrected chi connectivity index (χ4v) is 2.08. The Morgan fingerprint density at radius 1 is 1.20 bits per heavy atom. The Balaban J connectivity index is 2.58. The van der Waals surface area contributed by atoms with Gasteiger partial charge in [-0.05, 0) is 46.9 Å². The SMILES string of the molecule is CCOC(=O)/C=C/CC(CC)B1OC(C)(C)C(C)(C)O1. The van der Waals surface area contributed by atoms with Crippen molar-refractivity contribution in [3.05, 3.63) is 12.2 Å². The zero-order valence-corrected chi connectivity index (χ0v) is 13.6. The average molecular weight is 282 g/mol. The maximum Gasteiger partial charge on any atom is 0.461 e. The summed E-state index contributed by atoms with van der Waals surface area (Å²) in [6, 6.07) is 0. The molecule has 1 saturated heterocycles. The van der Waals surface area contributed by atoms with E-state index in [2.05, 4.69) is 6.92 Å². The van der Waals surface area contributed by atoms with E-state index in [0.29, 0.717) is 6.61 Å². The second kappa shape index (κ2) is 6.77. The number of rotatable bonds is 6. The predicted octanol–water partition coefficient (Wildman–Crippen LogP) is 3.37. The highest BCUT2D eigenvalue weighted by molar-refractivity contribution is 6.47. The molecular formula is C15H27BO4. The third kappa shape index (κ3) is 4.09. The first-order valence-corrected chi connectivity index (χ1v) is 7.42. The summed E-state index contributed by atoms with van der Waals surface area (Å²) in [6.45, 7) is 12.5. The van der Waals surface area contributed by atoms with Crippen molar-refractivity contribution < 1.29 is 18.8 Å². The molecule has 0 amide bonds. The molecule has 0 bridgehead atoms. The normalized spacial score (nSPS) is 22.2. The van der Waals surface area contributed by atoms with Crippen LogP contribution in [0.5, 0.6) is 0 Å². The van der Waals surface area contributed by atoms with E-state index in [4.69, 9.17) is 14.0 Å². The molecule has 20 heavy (non-hydrogen) atoms. The first-order chi connectivity index (χ1) is 9.23. The summed E-state index contributed by atoms with van der Waals surface area (Å²) in [6.07, 6.45) is 5.00. The third-order valence-electron chi connectivity index (χ3n) is 4.16. The molecule has 5 heteroatoms. The molecule has 0 N–H and O–H groups in total. The summed E-state index contributed by atoms with van der Waals surface area (Å²) < 4.78 is 17.0. The minimum atomic E-state index is -0.310. The van der Waals surface area contributed by atoms with Gasteiger partial charge in [0.15, 0.2) is 0 Å². The van der Waals surface area contributed by atoms with Crippen LogP contribution in [0.3, 0.4) is 0 Å². The van der Waals surface area contributed by atoms with E-state index in [1.54, 1.807) is 6.92 Å². The van der Waals surface area contributed by atoms with Crippen molar-refractivity contribution in [3.8, 4) is 0 Å². The number of hydrogen-bond acceptors (Lipinski definition) is 4. The Bertz CT molecular complexity index is 347. The average Bonchev–Trinajstić information content (AvgIpc) is 2.54. The molecule has 1 atom stereocenters. The summed E-state index contributed by atoms with van der Waals surface area (Å²) in [5.41, 5.74) is -0.619. The highest BCUT2D eigenvalue weighted by Crippen LogP contribution is 2.41. The van der Waals surface area contributed by atoms with Crippen molar-refractivity contribution in [3.63, 3.8) is 0 Å². The first-order valence-electron chi connectivity index (χ1n) is 7.42. The van der Waals surface area contributed by atoms with Crippen molar-refractivity contribution in [1.82, 2.24) is 0 Å². The Kier molecular flexibility index (Phi) is 5.84. The molecule has 0 aromatic carbocycles. The van der Waals surface area contributed by atoms with Gasteiger partial charge in [-0.2, -0.15) is 0 Å². The number of carbonyl (C=O) groups excluding carboxylic acids is 1. The number of esters is 1. The van der Waals surface area contributed by atoms with Gasteiger partial charge in [0.25, 0.3) is 0 Å². The summed E-state index contributed by atoms with van der Waals surface area (Å²) >= 11 is 0. The van der Waals surface area contributed by atoms with Crippen molar-refractivity contribution in [2.45, 2.75) is 71.4 Å². The monoisotopic (exact) mass is 282 g/mol. The molecule has 0 saturated carbocycles. The van der Waals surface area contributed by atoms with Gasteiger partial charge in [0.2, 0.25) is 0 Å². The third-order valence-corrected chi connectivity index (χ3v) is 4.16. The van der Waals surface area contributed by atoms with Crippen LogP contribution in [0.4, 0.5) is 0 Å². The quantitative estimate of drug-likeness (QED) is 0.425. The Morgan fingerprint density at radius 2 is 1.75 bits per heavy atom. The van der Waals surface area contributed by atoms with Crippen LogP contribution in [-0.4, -0.2) is 30.9 Å². The van der Waals surface area contributed by atoms with E-state index in [0.717, 1.165) is 12.8 Å². The number of ether oxygens (including phenoxy) is 1. The van der Waals surface area contributed by atoms with Gasteiger partial charge in [-0.25, -0.2) is 4.79 Å². The van der Waals surface area contributed by atoms with Crippen LogP contribution >= 0.6 is 0 Å². The predicted molar refractivity (Wildman–Crippen MR) is 80.5 cm³/mol. The Hall–Kier alpha value is -0.805. The van der Waals surface area contributed by atoms with Gasteiger partial charge in [-0.1, -0.05) is 19.4 Å². The number of allylic oxidation sites excluding steroid dienone is 1. The highest BCUT2D eigenvalue weighted by Gasteiger charge is 2.52. The van der Waals surface area contributed by atoms with Gasteiger partial charge in [0.05, 0.1) is 17.8 Å². The summed E-state index contributed by atoms with van der Waals surface area (Å²) in [5, 5.41) is 0. The van der Waals surface area contributed by atoms with Crippen LogP contribution in [0.25, 0.3) is 0 Å². The summed E-state index contributed by atoms with van der Waals surface area (Å²) in [7, 11) is -0.225. The fourth-order valence-electron chi connectivity index (χ4n) is 2.08. The lowest BCUT2D eigenvalue weighted by molar-refractivity contribution is -0.137. The minimum Gasteiger partial charge on any atom is -0.463 e. The molecule has 114 valence electrons. The molecule has 0 spiro atoms. The molecule has 1 aliphatic heterocycles. The second-order valence-electron chi connectivity index (χ2n) is 6.18. The van der Waals surface area contributed by atoms with E-state index in [1.165, 1.54) is 6.08 Å². The molecule has 4 nitrogen and oxygen atoms in total. The minimum absolute atomic E-state index is 0.225. The van der Waals surface area contributed by atoms with Crippen LogP contribution in [0, 0.1) is 0 Å². The van der Waals surface area contributed by atoms with Crippen molar-refractivity contribution in [1.29, 1.82) is 0 Å². The lowest BCUT2D eigenvalue weighted by Crippen LogP contribution is -2.41. The van der Waals surface area contributed by atoms with E-state index in [9.17, 15) is 4.79 Å². The smallest absolute Gasteiger partial charge is 0.461 e. The Labute approximate surface area is 123 Å². The van der Waals surface area contributed by atoms with Crippen LogP contribution in [0.15, 0.2) is 12.2 Å². The van der Waals surface area contributed by atoms with E-state index in [-0.39, 0.29) is 30.1 Å². The van der Waals surface area contributed by atoms with Gasteiger partial charge < -0.3 is 14.0 Å². The maximum absolute atomic E-state index is 11.3. The van der Waals surface area contributed by atoms with Gasteiger partial charge in [0, 0.05) is 6.08 Å². The maximum atomic E-state index is 11.3. The first kappa shape index (κ1) is 17.2. The highest BCUT2D eigenvalue weighted by atomic mass is 16.7. The molecule has 0 aliphatic carbocycles. The molecular weight excluding hydrogens is 255 g/mol. The Morgan fingerprint density at radius 3 is 2.20 bits per heavy atom. The summed E-state index contributed by atoms with van der Waals surface area (Å²) in [4.78, 5) is 11.3. The second-order valence-corrected chi connectivity index (χ2v) is 6.18. The molecule has 1 fully saturated rings. The summed E-state index contributed by atoms with van der Waals surface area (Å²) in [5.74, 6) is -0.0574. The zero-order valence-electron chi connectivity index (χ0n) is 13.6. The largest absolute Gasteiger partial charge is 0.463 e. The fraction of sp³-hybridized carbons (Fsp3) is 0.800. The molecule has 0 radical (unpaired) electrons. The lowest BCUT2D eigenvalue weighted by atomic mass is 9.68. The van der Waals surface area contributed by atoms with Gasteiger partial charge in [0.1, 0.15) is 0 Å². The van der Waals surface area contributed by atoms with Gasteiger partial charge in [-0.3, -0.25) is 0 Å². The standard InChI is InChI=1S/C15H27BO4/c1-7-12(10-9-11-13(17)18-8-2)16-19-14(3,4)15(5,6)20-16/h9,11-12H,7-8,10H2,1-6H3/b11-9+. The molecule has 0 aromatic heterocycles. The van der Waals surface area contributed by atoms with E-state index in [1.807, 2.05) is 33.8 Å². The molecule has 1 unspecified atom stereocenters. The van der Waals surface area contributed by atoms with Crippen molar-refractivity contribution in [2.75, 3.05) is 6.61 Å². The molecule has 1 rings (SSSR count). The van der Waals surface area contributed by atoms with Gasteiger partial charge in [-0.15, -0.1) is 0 Å². The lowest BCUT2D eigenvalue weighted by Gasteiger charge is -2.32. The molecule has 1 aliphatic rings. The van der Waals surface area contributed by atoms with Crippen molar-refractivity contribution >= 4 is 13.1 Å². The number of hydrogen-bond donors (Lipinski definition) is 0. The van der Waals surface area contributed by atoms with E-state index < -0.39 is 0 Å². The van der Waals surface area contributed by atoms with Crippen LogP contribution in [-0.2, 0) is 18.8 Å². The van der Waals surface area contributed by atoms with Crippen LogP contribution < -0.4 is 0 Å². The van der Waals surface area contributed by atoms with Crippen molar-refractivity contribution in [2.24, 2.45) is 0 Å².